The van der Waals surface area contributed by atoms with Gasteiger partial charge < -0.3 is 9.84 Å². The fraction of sp³-hybridized carbons (Fsp3) is 0.400. The minimum absolute atomic E-state index is 0.0187. The largest absolute Gasteiger partial charge is 0.490 e. The smallest absolute Gasteiger partial charge is 0.188 e. The zero-order chi connectivity index (χ0) is 20.1. The first kappa shape index (κ1) is 19.6. The van der Waals surface area contributed by atoms with Crippen molar-refractivity contribution in [2.75, 3.05) is 6.61 Å². The molecule has 1 saturated carbocycles. The Balaban J connectivity index is 2.03. The molecule has 2 aromatic rings. The second-order valence-corrected chi connectivity index (χ2v) is 10.0. The lowest BCUT2D eigenvalue weighted by molar-refractivity contribution is 0.147. The molecule has 2 aliphatic rings. The number of sulfone groups is 1. The Labute approximate surface area is 167 Å². The molecular formula is C20H19ClF2O4S. The highest BCUT2D eigenvalue weighted by Gasteiger charge is 2.58. The zero-order valence-electron chi connectivity index (χ0n) is 14.9. The number of fused-ring (bicyclic) bond motifs is 3. The van der Waals surface area contributed by atoms with Gasteiger partial charge in [0.15, 0.2) is 21.4 Å². The molecule has 1 fully saturated rings. The average molecular weight is 429 g/mol. The monoisotopic (exact) mass is 428 g/mol. The molecule has 28 heavy (non-hydrogen) atoms. The van der Waals surface area contributed by atoms with E-state index < -0.39 is 38.2 Å². The Bertz CT molecular complexity index is 1010. The third-order valence-corrected chi connectivity index (χ3v) is 8.72. The molecule has 4 nitrogen and oxygen atoms in total. The molecule has 1 aliphatic heterocycles. The van der Waals surface area contributed by atoms with E-state index in [2.05, 4.69) is 0 Å². The average Bonchev–Trinajstić information content (AvgIpc) is 2.85. The van der Waals surface area contributed by atoms with Crippen LogP contribution in [-0.4, -0.2) is 26.2 Å². The maximum Gasteiger partial charge on any atom is 0.188 e. The topological polar surface area (TPSA) is 63.6 Å². The van der Waals surface area contributed by atoms with E-state index in [0.717, 1.165) is 12.1 Å². The van der Waals surface area contributed by atoms with Gasteiger partial charge in [-0.25, -0.2) is 17.2 Å². The zero-order valence-corrected chi connectivity index (χ0v) is 16.4. The van der Waals surface area contributed by atoms with Crippen LogP contribution in [0, 0.1) is 17.6 Å². The molecule has 1 unspecified atom stereocenters. The van der Waals surface area contributed by atoms with E-state index in [1.54, 1.807) is 0 Å². The molecule has 0 aromatic heterocycles. The Hall–Kier alpha value is -1.70. The molecule has 1 N–H and O–H groups in total. The summed E-state index contributed by atoms with van der Waals surface area (Å²) in [4.78, 5) is -0.0187. The van der Waals surface area contributed by atoms with Crippen molar-refractivity contribution in [3.63, 3.8) is 0 Å². The molecule has 0 bridgehead atoms. The summed E-state index contributed by atoms with van der Waals surface area (Å²) in [6.07, 6.45) is 0.129. The number of aliphatic hydroxyl groups is 1. The van der Waals surface area contributed by atoms with Gasteiger partial charge in [0.25, 0.3) is 0 Å². The number of halogens is 3. The van der Waals surface area contributed by atoms with E-state index in [-0.39, 0.29) is 35.7 Å². The molecule has 0 amide bonds. The van der Waals surface area contributed by atoms with Crippen molar-refractivity contribution in [3.05, 3.63) is 58.6 Å². The summed E-state index contributed by atoms with van der Waals surface area (Å²) in [7, 11) is -4.16. The second kappa shape index (κ2) is 6.97. The normalized spacial score (nSPS) is 27.3. The summed E-state index contributed by atoms with van der Waals surface area (Å²) in [6.45, 7) is -0.0626. The summed E-state index contributed by atoms with van der Waals surface area (Å²) in [6, 6.07) is 7.51. The van der Waals surface area contributed by atoms with Crippen LogP contribution >= 0.6 is 11.6 Å². The first-order valence-electron chi connectivity index (χ1n) is 9.07. The third-order valence-electron chi connectivity index (χ3n) is 5.87. The van der Waals surface area contributed by atoms with Crippen LogP contribution in [0.3, 0.4) is 0 Å². The van der Waals surface area contributed by atoms with Crippen molar-refractivity contribution in [1.29, 1.82) is 0 Å². The molecule has 0 radical (unpaired) electrons. The van der Waals surface area contributed by atoms with E-state index in [1.807, 2.05) is 0 Å². The Kier molecular flexibility index (Phi) is 4.88. The van der Waals surface area contributed by atoms with Crippen molar-refractivity contribution >= 4 is 21.4 Å². The highest BCUT2D eigenvalue weighted by atomic mass is 35.5. The van der Waals surface area contributed by atoms with E-state index >= 15 is 4.39 Å². The van der Waals surface area contributed by atoms with Gasteiger partial charge in [0.2, 0.25) is 0 Å². The van der Waals surface area contributed by atoms with Crippen molar-refractivity contribution in [2.24, 2.45) is 5.92 Å². The third kappa shape index (κ3) is 2.83. The summed E-state index contributed by atoms with van der Waals surface area (Å²) >= 11 is 5.90. The molecule has 1 heterocycles. The van der Waals surface area contributed by atoms with E-state index in [1.165, 1.54) is 24.3 Å². The molecular weight excluding hydrogens is 410 g/mol. The number of rotatable bonds is 2. The van der Waals surface area contributed by atoms with Crippen LogP contribution < -0.4 is 4.74 Å². The molecule has 0 saturated heterocycles. The number of aliphatic hydroxyl groups excluding tert-OH is 1. The minimum Gasteiger partial charge on any atom is -0.490 e. The van der Waals surface area contributed by atoms with Crippen molar-refractivity contribution in [3.8, 4) is 5.75 Å². The SMILES string of the molecule is O=S(=O)(c1ccc(Cl)cc1)[C@]12CC[C@@H](O)CCC1COc1c(F)ccc(F)c12. The standard InChI is InChI=1S/C20H19ClF2O4S/c21-13-2-5-15(6-3-13)28(25,26)20-10-9-14(24)4-1-12(20)11-27-19-17(23)8-7-16(22)18(19)20/h2-3,5-8,12,14,24H,1,4,9-11H2/t12?,14-,20+/m0/s1. The molecule has 8 heteroatoms. The van der Waals surface area contributed by atoms with Crippen molar-refractivity contribution in [2.45, 2.75) is 41.4 Å². The molecule has 4 rings (SSSR count). The molecule has 1 aliphatic carbocycles. The number of hydrogen-bond donors (Lipinski definition) is 1. The van der Waals surface area contributed by atoms with Crippen LogP contribution in [-0.2, 0) is 14.6 Å². The maximum absolute atomic E-state index is 15.0. The number of benzene rings is 2. The second-order valence-electron chi connectivity index (χ2n) is 7.36. The van der Waals surface area contributed by atoms with E-state index in [4.69, 9.17) is 16.3 Å². The predicted octanol–water partition coefficient (Wildman–Crippen LogP) is 4.23. The summed E-state index contributed by atoms with van der Waals surface area (Å²) < 4.78 is 61.0. The molecule has 3 atom stereocenters. The Morgan fingerprint density at radius 1 is 1.04 bits per heavy atom. The van der Waals surface area contributed by atoms with Crippen molar-refractivity contribution < 1.29 is 27.0 Å². The lowest BCUT2D eigenvalue weighted by atomic mass is 9.79. The fourth-order valence-corrected chi connectivity index (χ4v) is 6.98. The van der Waals surface area contributed by atoms with Gasteiger partial charge in [-0.3, -0.25) is 0 Å². The Morgan fingerprint density at radius 3 is 2.43 bits per heavy atom. The minimum atomic E-state index is -4.16. The number of ether oxygens (including phenoxy) is 1. The lowest BCUT2D eigenvalue weighted by Crippen LogP contribution is -2.48. The maximum atomic E-state index is 15.0. The van der Waals surface area contributed by atoms with Crippen LogP contribution in [0.1, 0.15) is 31.2 Å². The predicted molar refractivity (Wildman–Crippen MR) is 100 cm³/mol. The summed E-state index contributed by atoms with van der Waals surface area (Å²) in [5.74, 6) is -2.60. The van der Waals surface area contributed by atoms with Crippen LogP contribution in [0.15, 0.2) is 41.3 Å². The highest BCUT2D eigenvalue weighted by Crippen LogP contribution is 2.55. The van der Waals surface area contributed by atoms with Gasteiger partial charge in [0.1, 0.15) is 10.6 Å². The van der Waals surface area contributed by atoms with Crippen LogP contribution in [0.4, 0.5) is 8.78 Å². The number of hydrogen-bond acceptors (Lipinski definition) is 4. The first-order chi connectivity index (χ1) is 13.3. The lowest BCUT2D eigenvalue weighted by Gasteiger charge is -2.43. The fourth-order valence-electron chi connectivity index (χ4n) is 4.47. The Morgan fingerprint density at radius 2 is 1.71 bits per heavy atom. The first-order valence-corrected chi connectivity index (χ1v) is 10.9. The van der Waals surface area contributed by atoms with E-state index in [9.17, 15) is 17.9 Å². The van der Waals surface area contributed by atoms with Gasteiger partial charge >= 0.3 is 0 Å². The van der Waals surface area contributed by atoms with Crippen LogP contribution in [0.5, 0.6) is 5.75 Å². The van der Waals surface area contributed by atoms with Gasteiger partial charge in [0.05, 0.1) is 23.2 Å². The van der Waals surface area contributed by atoms with Gasteiger partial charge in [-0.15, -0.1) is 0 Å². The summed E-state index contributed by atoms with van der Waals surface area (Å²) in [5.41, 5.74) is -0.271. The quantitative estimate of drug-likeness (QED) is 0.777. The molecule has 2 aromatic carbocycles. The van der Waals surface area contributed by atoms with Gasteiger partial charge in [0, 0.05) is 10.9 Å². The summed E-state index contributed by atoms with van der Waals surface area (Å²) in [5, 5.41) is 10.5. The van der Waals surface area contributed by atoms with Crippen LogP contribution in [0.2, 0.25) is 5.02 Å². The van der Waals surface area contributed by atoms with Gasteiger partial charge in [-0.1, -0.05) is 11.6 Å². The van der Waals surface area contributed by atoms with Crippen molar-refractivity contribution in [1.82, 2.24) is 0 Å². The molecule has 0 spiro atoms. The van der Waals surface area contributed by atoms with E-state index in [0.29, 0.717) is 17.9 Å². The highest BCUT2D eigenvalue weighted by molar-refractivity contribution is 7.92. The van der Waals surface area contributed by atoms with Gasteiger partial charge in [-0.2, -0.15) is 0 Å². The molecule has 150 valence electrons. The van der Waals surface area contributed by atoms with Crippen LogP contribution in [0.25, 0.3) is 0 Å². The van der Waals surface area contributed by atoms with Gasteiger partial charge in [-0.05, 0) is 62.1 Å².